The Morgan fingerprint density at radius 1 is 0.949 bits per heavy atom. The second kappa shape index (κ2) is 17.9. The van der Waals surface area contributed by atoms with Crippen LogP contribution in [0.2, 0.25) is 5.02 Å². The highest BCUT2D eigenvalue weighted by Gasteiger charge is 2.38. The summed E-state index contributed by atoms with van der Waals surface area (Å²) in [6.07, 6.45) is 2.27. The van der Waals surface area contributed by atoms with Gasteiger partial charge in [-0.2, -0.15) is 5.10 Å². The van der Waals surface area contributed by atoms with E-state index < -0.39 is 29.5 Å². The zero-order valence-electron chi connectivity index (χ0n) is 33.0. The largest absolute Gasteiger partial charge is 0.529 e. The fourth-order valence-electron chi connectivity index (χ4n) is 7.56. The summed E-state index contributed by atoms with van der Waals surface area (Å²) in [4.78, 5) is 70.3. The standard InChI is InChI=1S/C39H45ClF2N10O7/c1-23-29(20-44-51(23)15-18-59-4)26-7-8-28(34(42)33(26)41)31-21-43-35(48(31)2)36(54)45-25-5-6-27(30(40)19-25)38(56)50-13-11-49(12-14-50)37(55)24-9-16-52(3,17-10-24)22-32(53)46-47-39(57)58/h5-8,19-21,24H,9-18,22H2,1-4H3,(H3-,43,45,46,47,53,54,56,57,58). The number of carboxylic acid groups (broad SMARTS) is 1. The van der Waals surface area contributed by atoms with Crippen molar-refractivity contribution in [1.29, 1.82) is 0 Å². The molecule has 0 radical (unpaired) electrons. The minimum Gasteiger partial charge on any atom is -0.529 e. The van der Waals surface area contributed by atoms with Crippen LogP contribution < -0.4 is 21.3 Å². The van der Waals surface area contributed by atoms with Gasteiger partial charge in [0.25, 0.3) is 17.7 Å². The van der Waals surface area contributed by atoms with Gasteiger partial charge in [-0.1, -0.05) is 17.7 Å². The summed E-state index contributed by atoms with van der Waals surface area (Å²) in [6, 6.07) is 7.33. The van der Waals surface area contributed by atoms with E-state index in [2.05, 4.69) is 20.8 Å². The van der Waals surface area contributed by atoms with E-state index >= 15 is 8.78 Å². The number of amides is 5. The Hall–Kier alpha value is -5.92. The highest BCUT2D eigenvalue weighted by molar-refractivity contribution is 6.34. The lowest BCUT2D eigenvalue weighted by Gasteiger charge is -2.42. The molecule has 4 aromatic rings. The number of piperidine rings is 1. The van der Waals surface area contributed by atoms with Gasteiger partial charge in [-0.3, -0.25) is 34.7 Å². The molecular weight excluding hydrogens is 794 g/mol. The molecular formula is C39H45ClF2N10O7. The summed E-state index contributed by atoms with van der Waals surface area (Å²) in [7, 11) is 4.95. The van der Waals surface area contributed by atoms with E-state index in [-0.39, 0.29) is 63.2 Å². The van der Waals surface area contributed by atoms with Crippen molar-refractivity contribution in [2.45, 2.75) is 26.3 Å². The third-order valence-electron chi connectivity index (χ3n) is 11.0. The first kappa shape index (κ1) is 42.7. The van der Waals surface area contributed by atoms with Gasteiger partial charge in [0.15, 0.2) is 30.1 Å². The van der Waals surface area contributed by atoms with Crippen molar-refractivity contribution < 1.29 is 47.1 Å². The van der Waals surface area contributed by atoms with Crippen LogP contribution in [0.3, 0.4) is 0 Å². The summed E-state index contributed by atoms with van der Waals surface area (Å²) in [6.45, 7) is 5.05. The first-order valence-corrected chi connectivity index (χ1v) is 19.3. The lowest BCUT2D eigenvalue weighted by molar-refractivity contribution is -0.907. The first-order valence-electron chi connectivity index (χ1n) is 18.9. The fraction of sp³-hybridized carbons (Fsp3) is 0.410. The van der Waals surface area contributed by atoms with E-state index in [9.17, 15) is 29.1 Å². The van der Waals surface area contributed by atoms with E-state index in [1.807, 2.05) is 7.05 Å². The number of nitrogens with zero attached hydrogens (tertiary/aromatic N) is 7. The molecule has 59 heavy (non-hydrogen) atoms. The van der Waals surface area contributed by atoms with Crippen molar-refractivity contribution in [3.8, 4) is 22.4 Å². The van der Waals surface area contributed by atoms with Gasteiger partial charge in [0.1, 0.15) is 0 Å². The van der Waals surface area contributed by atoms with E-state index in [1.165, 1.54) is 54.3 Å². The van der Waals surface area contributed by atoms with Gasteiger partial charge < -0.3 is 38.8 Å². The zero-order valence-corrected chi connectivity index (χ0v) is 33.8. The number of quaternary nitrogens is 1. The molecule has 0 aliphatic carbocycles. The number of likely N-dealkylation sites (tertiary alicyclic amines) is 1. The first-order chi connectivity index (χ1) is 28.1. The summed E-state index contributed by atoms with van der Waals surface area (Å²) in [5, 5.41) is 17.6. The molecule has 0 unspecified atom stereocenters. The van der Waals surface area contributed by atoms with Gasteiger partial charge in [0, 0.05) is 87.2 Å². The molecule has 314 valence electrons. The number of carbonyl (C=O) groups is 5. The van der Waals surface area contributed by atoms with Crippen LogP contribution >= 0.6 is 11.6 Å². The topological polar surface area (TPSA) is 196 Å². The summed E-state index contributed by atoms with van der Waals surface area (Å²) in [5.41, 5.74) is 5.52. The average Bonchev–Trinajstić information content (AvgIpc) is 3.78. The van der Waals surface area contributed by atoms with Crippen molar-refractivity contribution >= 4 is 47.0 Å². The second-order valence-electron chi connectivity index (χ2n) is 14.9. The predicted molar refractivity (Wildman–Crippen MR) is 208 cm³/mol. The number of imidazole rings is 1. The third kappa shape index (κ3) is 9.37. The molecule has 20 heteroatoms. The monoisotopic (exact) mass is 838 g/mol. The Kier molecular flexibility index (Phi) is 13.0. The molecule has 2 aromatic carbocycles. The van der Waals surface area contributed by atoms with Gasteiger partial charge in [-0.15, -0.1) is 0 Å². The molecule has 2 aromatic heterocycles. The normalized spacial score (nSPS) is 18.1. The summed E-state index contributed by atoms with van der Waals surface area (Å²) >= 11 is 6.55. The van der Waals surface area contributed by atoms with Gasteiger partial charge in [0.2, 0.25) is 5.91 Å². The Balaban J connectivity index is 1.03. The van der Waals surface area contributed by atoms with Gasteiger partial charge in [-0.05, 0) is 31.2 Å². The lowest BCUT2D eigenvalue weighted by atomic mass is 9.93. The van der Waals surface area contributed by atoms with Crippen LogP contribution in [0.4, 0.5) is 19.3 Å². The Morgan fingerprint density at radius 2 is 1.61 bits per heavy atom. The fourth-order valence-corrected chi connectivity index (χ4v) is 7.82. The quantitative estimate of drug-likeness (QED) is 0.150. The number of halogens is 3. The van der Waals surface area contributed by atoms with Crippen molar-refractivity contribution in [2.24, 2.45) is 13.0 Å². The number of piperazine rings is 1. The van der Waals surface area contributed by atoms with Crippen molar-refractivity contribution in [2.75, 3.05) is 71.9 Å². The van der Waals surface area contributed by atoms with Crippen LogP contribution in [0, 0.1) is 24.5 Å². The number of hydrogen-bond acceptors (Lipinski definition) is 9. The maximum absolute atomic E-state index is 15.6. The number of hydrazine groups is 1. The second-order valence-corrected chi connectivity index (χ2v) is 15.3. The van der Waals surface area contributed by atoms with Crippen molar-refractivity contribution in [3.05, 3.63) is 76.5 Å². The molecule has 0 atom stereocenters. The Morgan fingerprint density at radius 3 is 2.27 bits per heavy atom. The minimum atomic E-state index is -1.61. The van der Waals surface area contributed by atoms with Gasteiger partial charge >= 0.3 is 0 Å². The zero-order chi connectivity index (χ0) is 42.6. The molecule has 0 saturated carbocycles. The molecule has 6 rings (SSSR count). The highest BCUT2D eigenvalue weighted by atomic mass is 35.5. The number of anilines is 1. The maximum Gasteiger partial charge on any atom is 0.293 e. The van der Waals surface area contributed by atoms with Crippen molar-refractivity contribution in [3.63, 3.8) is 0 Å². The Labute approximate surface area is 343 Å². The predicted octanol–water partition coefficient (Wildman–Crippen LogP) is 2.19. The number of aromatic nitrogens is 4. The van der Waals surface area contributed by atoms with Crippen molar-refractivity contribution in [1.82, 2.24) is 40.0 Å². The van der Waals surface area contributed by atoms with E-state index in [4.69, 9.17) is 16.3 Å². The highest BCUT2D eigenvalue weighted by Crippen LogP contribution is 2.33. The summed E-state index contributed by atoms with van der Waals surface area (Å²) in [5.74, 6) is -3.96. The number of carbonyl (C=O) groups excluding carboxylic acids is 5. The van der Waals surface area contributed by atoms with Crippen LogP contribution in [-0.2, 0) is 27.9 Å². The molecule has 2 saturated heterocycles. The van der Waals surface area contributed by atoms with Gasteiger partial charge in [-0.25, -0.2) is 13.8 Å². The number of nitrogens with one attached hydrogen (secondary N) is 3. The molecule has 3 N–H and O–H groups in total. The number of likely N-dealkylation sites (N-methyl/N-ethyl adjacent to an activating group) is 1. The molecule has 2 aliphatic heterocycles. The number of ether oxygens (including phenoxy) is 1. The molecule has 0 spiro atoms. The molecule has 4 heterocycles. The number of methoxy groups -OCH3 is 1. The Bertz CT molecular complexity index is 2270. The third-order valence-corrected chi connectivity index (χ3v) is 11.3. The van der Waals surface area contributed by atoms with Crippen LogP contribution in [0.1, 0.15) is 39.5 Å². The van der Waals surface area contributed by atoms with Crippen LogP contribution in [-0.4, -0.2) is 130 Å². The summed E-state index contributed by atoms with van der Waals surface area (Å²) < 4.78 is 39.5. The molecule has 5 amide bonds. The van der Waals surface area contributed by atoms with E-state index in [0.29, 0.717) is 81.0 Å². The molecule has 17 nitrogen and oxygen atoms in total. The lowest BCUT2D eigenvalue weighted by Crippen LogP contribution is -2.59. The maximum atomic E-state index is 15.6. The van der Waals surface area contributed by atoms with Crippen LogP contribution in [0.25, 0.3) is 22.4 Å². The van der Waals surface area contributed by atoms with Crippen LogP contribution in [0.15, 0.2) is 42.7 Å². The number of rotatable bonds is 11. The molecule has 0 bridgehead atoms. The van der Waals surface area contributed by atoms with E-state index in [1.54, 1.807) is 33.9 Å². The number of hydrogen-bond donors (Lipinski definition) is 3. The van der Waals surface area contributed by atoms with E-state index in [0.717, 1.165) is 0 Å². The molecule has 2 aliphatic rings. The molecule has 2 fully saturated rings. The SMILES string of the molecule is COCCn1ncc(-c2ccc(-c3cnc(C(=O)Nc4ccc(C(=O)N5CCN(C(=O)C6CC[N+](C)(CC(=O)NNC(=O)[O-])CC6)CC5)c(Cl)c4)n3C)c(F)c2F)c1C. The van der Waals surface area contributed by atoms with Crippen LogP contribution in [0.5, 0.6) is 0 Å². The average molecular weight is 839 g/mol. The smallest absolute Gasteiger partial charge is 0.293 e. The number of benzene rings is 2. The minimum absolute atomic E-state index is 0.00637. The van der Waals surface area contributed by atoms with Gasteiger partial charge in [0.05, 0.1) is 62.0 Å².